The zero-order valence-electron chi connectivity index (χ0n) is 20.9. The fourth-order valence-corrected chi connectivity index (χ4v) is 5.75. The molecular formula is C27H28BrClFN3O4S. The molecule has 0 fully saturated rings. The molecule has 1 unspecified atom stereocenters. The molecule has 0 saturated heterocycles. The van der Waals surface area contributed by atoms with E-state index in [0.717, 1.165) is 26.5 Å². The Morgan fingerprint density at radius 3 is 2.39 bits per heavy atom. The fraction of sp³-hybridized carbons (Fsp3) is 0.259. The molecule has 2 amide bonds. The van der Waals surface area contributed by atoms with Gasteiger partial charge in [0.05, 0.1) is 15.6 Å². The van der Waals surface area contributed by atoms with Gasteiger partial charge in [-0.3, -0.25) is 13.9 Å². The number of hydrogen-bond acceptors (Lipinski definition) is 4. The van der Waals surface area contributed by atoms with Crippen molar-refractivity contribution in [1.82, 2.24) is 10.2 Å². The van der Waals surface area contributed by atoms with Crippen molar-refractivity contribution in [3.63, 3.8) is 0 Å². The van der Waals surface area contributed by atoms with Gasteiger partial charge in [0.15, 0.2) is 0 Å². The topological polar surface area (TPSA) is 86.8 Å². The van der Waals surface area contributed by atoms with Gasteiger partial charge in [0.2, 0.25) is 11.8 Å². The quantitative estimate of drug-likeness (QED) is 0.310. The van der Waals surface area contributed by atoms with Crippen LogP contribution >= 0.6 is 27.5 Å². The zero-order chi connectivity index (χ0) is 27.9. The third-order valence-corrected chi connectivity index (χ3v) is 8.33. The Morgan fingerprint density at radius 2 is 1.76 bits per heavy atom. The Morgan fingerprint density at radius 1 is 1.05 bits per heavy atom. The van der Waals surface area contributed by atoms with Gasteiger partial charge in [0.1, 0.15) is 18.4 Å². The number of anilines is 1. The molecule has 3 aromatic carbocycles. The summed E-state index contributed by atoms with van der Waals surface area (Å²) < 4.78 is 42.9. The summed E-state index contributed by atoms with van der Waals surface area (Å²) in [7, 11) is -4.26. The summed E-state index contributed by atoms with van der Waals surface area (Å²) in [4.78, 5) is 27.9. The average Bonchev–Trinajstić information content (AvgIpc) is 2.90. The molecule has 0 radical (unpaired) electrons. The van der Waals surface area contributed by atoms with Crippen LogP contribution in [0.1, 0.15) is 25.8 Å². The molecule has 0 aliphatic rings. The number of nitrogens with zero attached hydrogens (tertiary/aromatic N) is 2. The zero-order valence-corrected chi connectivity index (χ0v) is 24.1. The molecule has 0 heterocycles. The summed E-state index contributed by atoms with van der Waals surface area (Å²) >= 11 is 9.38. The van der Waals surface area contributed by atoms with Crippen LogP contribution in [0.4, 0.5) is 10.1 Å². The number of nitrogens with one attached hydrogen (secondary N) is 1. The molecule has 0 aliphatic carbocycles. The Bertz CT molecular complexity index is 1390. The molecule has 0 spiro atoms. The van der Waals surface area contributed by atoms with Gasteiger partial charge in [-0.05, 0) is 61.4 Å². The van der Waals surface area contributed by atoms with Gasteiger partial charge in [-0.1, -0.05) is 64.8 Å². The maximum absolute atomic E-state index is 13.9. The summed E-state index contributed by atoms with van der Waals surface area (Å²) in [6.45, 7) is 3.35. The molecule has 1 N–H and O–H groups in total. The lowest BCUT2D eigenvalue weighted by Gasteiger charge is -2.32. The maximum atomic E-state index is 13.9. The monoisotopic (exact) mass is 623 g/mol. The average molecular weight is 625 g/mol. The smallest absolute Gasteiger partial charge is 0.264 e. The van der Waals surface area contributed by atoms with Gasteiger partial charge in [-0.2, -0.15) is 0 Å². The number of rotatable bonds is 11. The first kappa shape index (κ1) is 29.6. The Balaban J connectivity index is 2.03. The number of hydrogen-bond donors (Lipinski definition) is 1. The molecule has 7 nitrogen and oxygen atoms in total. The first-order valence-corrected chi connectivity index (χ1v) is 14.5. The Hall–Kier alpha value is -2.95. The molecule has 38 heavy (non-hydrogen) atoms. The van der Waals surface area contributed by atoms with E-state index in [1.807, 2.05) is 19.1 Å². The van der Waals surface area contributed by atoms with E-state index in [2.05, 4.69) is 21.2 Å². The van der Waals surface area contributed by atoms with Crippen molar-refractivity contribution in [2.75, 3.05) is 17.4 Å². The normalized spacial score (nSPS) is 12.0. The van der Waals surface area contributed by atoms with Gasteiger partial charge in [0, 0.05) is 17.6 Å². The molecule has 3 rings (SSSR count). The van der Waals surface area contributed by atoms with Gasteiger partial charge >= 0.3 is 0 Å². The maximum Gasteiger partial charge on any atom is 0.264 e. The Labute approximate surface area is 235 Å². The summed E-state index contributed by atoms with van der Waals surface area (Å²) in [5.41, 5.74) is 0.754. The molecule has 0 saturated carbocycles. The SMILES string of the molecule is CCCNC(=O)C(C)N(Cc1cccc(Br)c1)C(=O)CN(c1ccc(F)c(Cl)c1)S(=O)(=O)c1ccccc1. The predicted molar refractivity (Wildman–Crippen MR) is 150 cm³/mol. The van der Waals surface area contributed by atoms with Crippen molar-refractivity contribution >= 4 is 55.1 Å². The van der Waals surface area contributed by atoms with E-state index in [-0.39, 0.29) is 28.1 Å². The fourth-order valence-electron chi connectivity index (χ4n) is 3.70. The van der Waals surface area contributed by atoms with Crippen LogP contribution in [0.15, 0.2) is 82.2 Å². The summed E-state index contributed by atoms with van der Waals surface area (Å²) in [5.74, 6) is -1.71. The largest absolute Gasteiger partial charge is 0.354 e. The minimum Gasteiger partial charge on any atom is -0.354 e. The van der Waals surface area contributed by atoms with Crippen LogP contribution in [0.3, 0.4) is 0 Å². The Kier molecular flexibility index (Phi) is 10.3. The number of carbonyl (C=O) groups is 2. The van der Waals surface area contributed by atoms with Crippen molar-refractivity contribution < 1.29 is 22.4 Å². The minimum absolute atomic E-state index is 0.0131. The lowest BCUT2D eigenvalue weighted by atomic mass is 10.1. The van der Waals surface area contributed by atoms with Crippen molar-refractivity contribution in [2.24, 2.45) is 0 Å². The van der Waals surface area contributed by atoms with Gasteiger partial charge < -0.3 is 10.2 Å². The lowest BCUT2D eigenvalue weighted by molar-refractivity contribution is -0.139. The highest BCUT2D eigenvalue weighted by Gasteiger charge is 2.32. The van der Waals surface area contributed by atoms with Crippen LogP contribution in [0.2, 0.25) is 5.02 Å². The highest BCUT2D eigenvalue weighted by atomic mass is 79.9. The van der Waals surface area contributed by atoms with Crippen LogP contribution in [-0.2, 0) is 26.2 Å². The van der Waals surface area contributed by atoms with Crippen molar-refractivity contribution in [1.29, 1.82) is 0 Å². The molecule has 0 aliphatic heterocycles. The van der Waals surface area contributed by atoms with Crippen molar-refractivity contribution in [3.05, 3.63) is 93.7 Å². The predicted octanol–water partition coefficient (Wildman–Crippen LogP) is 5.38. The van der Waals surface area contributed by atoms with E-state index in [1.165, 1.54) is 23.1 Å². The first-order valence-electron chi connectivity index (χ1n) is 11.9. The molecule has 11 heteroatoms. The molecule has 0 aromatic heterocycles. The van der Waals surface area contributed by atoms with E-state index < -0.39 is 34.3 Å². The summed E-state index contributed by atoms with van der Waals surface area (Å²) in [5, 5.41) is 2.50. The van der Waals surface area contributed by atoms with Crippen LogP contribution in [0.25, 0.3) is 0 Å². The molecular weight excluding hydrogens is 597 g/mol. The van der Waals surface area contributed by atoms with Crippen LogP contribution in [0, 0.1) is 5.82 Å². The molecule has 0 bridgehead atoms. The second kappa shape index (κ2) is 13.2. The highest BCUT2D eigenvalue weighted by Crippen LogP contribution is 2.28. The lowest BCUT2D eigenvalue weighted by Crippen LogP contribution is -2.51. The van der Waals surface area contributed by atoms with E-state index in [9.17, 15) is 22.4 Å². The number of halogens is 3. The van der Waals surface area contributed by atoms with Crippen LogP contribution < -0.4 is 9.62 Å². The summed E-state index contributed by atoms with van der Waals surface area (Å²) in [6, 6.07) is 17.4. The molecule has 202 valence electrons. The number of amides is 2. The highest BCUT2D eigenvalue weighted by molar-refractivity contribution is 9.10. The van der Waals surface area contributed by atoms with Gasteiger partial charge in [0.25, 0.3) is 10.0 Å². The van der Waals surface area contributed by atoms with Crippen molar-refractivity contribution in [3.8, 4) is 0 Å². The third kappa shape index (κ3) is 7.33. The summed E-state index contributed by atoms with van der Waals surface area (Å²) in [6.07, 6.45) is 0.715. The van der Waals surface area contributed by atoms with E-state index in [0.29, 0.717) is 13.0 Å². The van der Waals surface area contributed by atoms with E-state index in [4.69, 9.17) is 11.6 Å². The number of benzene rings is 3. The van der Waals surface area contributed by atoms with Crippen molar-refractivity contribution in [2.45, 2.75) is 37.8 Å². The number of sulfonamides is 1. The van der Waals surface area contributed by atoms with Crippen LogP contribution in [-0.4, -0.2) is 44.3 Å². The van der Waals surface area contributed by atoms with Crippen LogP contribution in [0.5, 0.6) is 0 Å². The number of carbonyl (C=O) groups excluding carboxylic acids is 2. The second-order valence-electron chi connectivity index (χ2n) is 8.54. The molecule has 3 aromatic rings. The van der Waals surface area contributed by atoms with Gasteiger partial charge in [-0.15, -0.1) is 0 Å². The van der Waals surface area contributed by atoms with Gasteiger partial charge in [-0.25, -0.2) is 12.8 Å². The van der Waals surface area contributed by atoms with E-state index in [1.54, 1.807) is 37.3 Å². The first-order chi connectivity index (χ1) is 18.0. The molecule has 1 atom stereocenters. The standard InChI is InChI=1S/C27H28BrClFN3O4S/c1-3-14-31-27(35)19(2)32(17-20-8-7-9-21(28)15-20)26(34)18-33(22-12-13-25(30)24(29)16-22)38(36,37)23-10-5-4-6-11-23/h4-13,15-16,19H,3,14,17-18H2,1-2H3,(H,31,35). The van der Waals surface area contributed by atoms with E-state index >= 15 is 0 Å². The second-order valence-corrected chi connectivity index (χ2v) is 11.7. The third-order valence-electron chi connectivity index (χ3n) is 5.76. The minimum atomic E-state index is -4.26.